The van der Waals surface area contributed by atoms with E-state index in [1.165, 1.54) is 6.07 Å². The molecule has 25 heavy (non-hydrogen) atoms. The van der Waals surface area contributed by atoms with Crippen LogP contribution in [0.3, 0.4) is 0 Å². The predicted octanol–water partition coefficient (Wildman–Crippen LogP) is 4.60. The fourth-order valence-electron chi connectivity index (χ4n) is 2.55. The van der Waals surface area contributed by atoms with Crippen molar-refractivity contribution in [3.8, 4) is 0 Å². The third kappa shape index (κ3) is 3.82. The monoisotopic (exact) mass is 377 g/mol. The molecule has 2 aromatic carbocycles. The highest BCUT2D eigenvalue weighted by molar-refractivity contribution is 6.34. The molecule has 6 nitrogen and oxygen atoms in total. The van der Waals surface area contributed by atoms with E-state index in [1.807, 2.05) is 0 Å². The smallest absolute Gasteiger partial charge is 0.278 e. The summed E-state index contributed by atoms with van der Waals surface area (Å²) in [6, 6.07) is 11.1. The Labute approximate surface area is 153 Å². The Kier molecular flexibility index (Phi) is 5.03. The van der Waals surface area contributed by atoms with Crippen LogP contribution in [0.15, 0.2) is 48.7 Å². The van der Waals surface area contributed by atoms with Crippen LogP contribution in [0.1, 0.15) is 11.7 Å². The van der Waals surface area contributed by atoms with Crippen LogP contribution in [0.4, 0.5) is 11.4 Å². The van der Waals surface area contributed by atoms with Crippen LogP contribution in [0, 0.1) is 10.1 Å². The van der Waals surface area contributed by atoms with Crippen LogP contribution in [0.25, 0.3) is 10.9 Å². The van der Waals surface area contributed by atoms with Gasteiger partial charge < -0.3 is 10.4 Å². The number of hydrogen-bond acceptors (Lipinski definition) is 5. The third-order valence-electron chi connectivity index (χ3n) is 3.70. The van der Waals surface area contributed by atoms with Gasteiger partial charge in [-0.3, -0.25) is 15.1 Å². The Balaban J connectivity index is 1.86. The van der Waals surface area contributed by atoms with Crippen molar-refractivity contribution in [2.75, 3.05) is 11.9 Å². The van der Waals surface area contributed by atoms with Crippen molar-refractivity contribution < 1.29 is 10.0 Å². The fourth-order valence-corrected chi connectivity index (χ4v) is 3.09. The lowest BCUT2D eigenvalue weighted by Gasteiger charge is -2.15. The number of nitrogens with one attached hydrogen (secondary N) is 1. The zero-order valence-corrected chi connectivity index (χ0v) is 14.3. The number of aliphatic hydroxyl groups excluding tert-OH is 1. The first-order valence-electron chi connectivity index (χ1n) is 7.36. The Morgan fingerprint density at radius 2 is 1.92 bits per heavy atom. The average Bonchev–Trinajstić information content (AvgIpc) is 2.58. The first-order chi connectivity index (χ1) is 12.0. The number of pyridine rings is 1. The van der Waals surface area contributed by atoms with Gasteiger partial charge in [0.2, 0.25) is 0 Å². The molecule has 2 N–H and O–H groups in total. The van der Waals surface area contributed by atoms with Gasteiger partial charge in [-0.2, -0.15) is 0 Å². The number of rotatable bonds is 5. The van der Waals surface area contributed by atoms with Crippen LogP contribution < -0.4 is 5.32 Å². The second kappa shape index (κ2) is 7.23. The second-order valence-electron chi connectivity index (χ2n) is 5.39. The lowest BCUT2D eigenvalue weighted by molar-refractivity contribution is -0.383. The molecule has 1 heterocycles. The van der Waals surface area contributed by atoms with Crippen LogP contribution in [0.2, 0.25) is 10.0 Å². The van der Waals surface area contributed by atoms with E-state index in [0.29, 0.717) is 32.2 Å². The summed E-state index contributed by atoms with van der Waals surface area (Å²) in [7, 11) is 0. The molecule has 0 amide bonds. The van der Waals surface area contributed by atoms with E-state index in [2.05, 4.69) is 10.3 Å². The van der Waals surface area contributed by atoms with Crippen molar-refractivity contribution in [3.63, 3.8) is 0 Å². The van der Waals surface area contributed by atoms with Gasteiger partial charge in [0.25, 0.3) is 5.69 Å². The van der Waals surface area contributed by atoms with Crippen LogP contribution in [0.5, 0.6) is 0 Å². The van der Waals surface area contributed by atoms with E-state index in [1.54, 1.807) is 42.6 Å². The number of fused-ring (bicyclic) bond motifs is 1. The van der Waals surface area contributed by atoms with Gasteiger partial charge in [0, 0.05) is 28.9 Å². The lowest BCUT2D eigenvalue weighted by Crippen LogP contribution is -2.12. The Morgan fingerprint density at radius 1 is 1.20 bits per heavy atom. The number of nitro benzene ring substituents is 1. The number of aliphatic hydroxyl groups is 1. The Hall–Kier alpha value is -2.41. The maximum Gasteiger partial charge on any atom is 0.278 e. The maximum atomic E-state index is 11.1. The first kappa shape index (κ1) is 17.4. The summed E-state index contributed by atoms with van der Waals surface area (Å²) in [4.78, 5) is 14.9. The number of aromatic nitrogens is 1. The van der Waals surface area contributed by atoms with Gasteiger partial charge >= 0.3 is 0 Å². The number of non-ortho nitro benzene ring substituents is 1. The van der Waals surface area contributed by atoms with Gasteiger partial charge in [-0.05, 0) is 42.0 Å². The van der Waals surface area contributed by atoms with Crippen molar-refractivity contribution in [2.45, 2.75) is 6.10 Å². The van der Waals surface area contributed by atoms with E-state index in [0.717, 1.165) is 0 Å². The Bertz CT molecular complexity index is 929. The van der Waals surface area contributed by atoms with Crippen LogP contribution in [-0.4, -0.2) is 21.6 Å². The SMILES string of the molecule is O=[N+]([O-])c1ccc(NCC(O)c2cc(Cl)cc(Cl)c2)c2ncccc12. The molecule has 1 aromatic heterocycles. The number of nitrogens with zero attached hydrogens (tertiary/aromatic N) is 2. The van der Waals surface area contributed by atoms with Crippen molar-refractivity contribution in [3.05, 3.63) is 74.4 Å². The summed E-state index contributed by atoms with van der Waals surface area (Å²) in [6.45, 7) is 0.167. The zero-order valence-electron chi connectivity index (χ0n) is 12.8. The highest BCUT2D eigenvalue weighted by Gasteiger charge is 2.16. The predicted molar refractivity (Wildman–Crippen MR) is 98.3 cm³/mol. The van der Waals surface area contributed by atoms with E-state index >= 15 is 0 Å². The molecule has 0 saturated heterocycles. The average molecular weight is 378 g/mol. The highest BCUT2D eigenvalue weighted by Crippen LogP contribution is 2.30. The standard InChI is InChI=1S/C17H13Cl2N3O3/c18-11-6-10(7-12(19)8-11)16(23)9-21-14-3-4-15(22(24)25)13-2-1-5-20-17(13)14/h1-8,16,21,23H,9H2. The molecular weight excluding hydrogens is 365 g/mol. The fraction of sp³-hybridized carbons (Fsp3) is 0.118. The molecule has 128 valence electrons. The first-order valence-corrected chi connectivity index (χ1v) is 8.11. The molecule has 0 aliphatic heterocycles. The van der Waals surface area contributed by atoms with Crippen molar-refractivity contribution >= 4 is 45.5 Å². The Morgan fingerprint density at radius 3 is 2.60 bits per heavy atom. The minimum absolute atomic E-state index is 0.0178. The number of hydrogen-bond donors (Lipinski definition) is 2. The molecule has 0 fully saturated rings. The molecule has 0 spiro atoms. The molecule has 0 radical (unpaired) electrons. The third-order valence-corrected chi connectivity index (χ3v) is 4.14. The number of halogens is 2. The molecule has 0 aliphatic rings. The summed E-state index contributed by atoms with van der Waals surface area (Å²) in [5.74, 6) is 0. The number of anilines is 1. The molecule has 0 aliphatic carbocycles. The van der Waals surface area contributed by atoms with Gasteiger partial charge in [-0.15, -0.1) is 0 Å². The molecule has 1 unspecified atom stereocenters. The maximum absolute atomic E-state index is 11.1. The number of nitro groups is 1. The van der Waals surface area contributed by atoms with Crippen LogP contribution in [-0.2, 0) is 0 Å². The van der Waals surface area contributed by atoms with Crippen molar-refractivity contribution in [1.29, 1.82) is 0 Å². The van der Waals surface area contributed by atoms with Crippen molar-refractivity contribution in [1.82, 2.24) is 4.98 Å². The molecule has 1 atom stereocenters. The van der Waals surface area contributed by atoms with Gasteiger partial charge in [0.05, 0.1) is 22.1 Å². The normalized spacial score (nSPS) is 12.1. The largest absolute Gasteiger partial charge is 0.387 e. The summed E-state index contributed by atoms with van der Waals surface area (Å²) in [5, 5.41) is 25.8. The summed E-state index contributed by atoms with van der Waals surface area (Å²) >= 11 is 11.9. The lowest BCUT2D eigenvalue weighted by atomic mass is 10.1. The summed E-state index contributed by atoms with van der Waals surface area (Å²) in [5.41, 5.74) is 1.61. The summed E-state index contributed by atoms with van der Waals surface area (Å²) in [6.07, 6.45) is 0.704. The van der Waals surface area contributed by atoms with E-state index in [4.69, 9.17) is 23.2 Å². The number of benzene rings is 2. The highest BCUT2D eigenvalue weighted by atomic mass is 35.5. The summed E-state index contributed by atoms with van der Waals surface area (Å²) < 4.78 is 0. The van der Waals surface area contributed by atoms with Gasteiger partial charge in [0.15, 0.2) is 0 Å². The molecular formula is C17H13Cl2N3O3. The van der Waals surface area contributed by atoms with Gasteiger partial charge in [-0.1, -0.05) is 23.2 Å². The quantitative estimate of drug-likeness (QED) is 0.501. The van der Waals surface area contributed by atoms with E-state index < -0.39 is 11.0 Å². The molecule has 0 bridgehead atoms. The van der Waals surface area contributed by atoms with E-state index in [-0.39, 0.29) is 12.2 Å². The molecule has 3 rings (SSSR count). The minimum Gasteiger partial charge on any atom is -0.387 e. The van der Waals surface area contributed by atoms with Crippen LogP contribution >= 0.6 is 23.2 Å². The minimum atomic E-state index is -0.856. The van der Waals surface area contributed by atoms with Gasteiger partial charge in [-0.25, -0.2) is 0 Å². The van der Waals surface area contributed by atoms with E-state index in [9.17, 15) is 15.2 Å². The topological polar surface area (TPSA) is 88.3 Å². The molecule has 0 saturated carbocycles. The second-order valence-corrected chi connectivity index (χ2v) is 6.26. The van der Waals surface area contributed by atoms with Crippen molar-refractivity contribution in [2.24, 2.45) is 0 Å². The molecule has 3 aromatic rings. The van der Waals surface area contributed by atoms with Gasteiger partial charge in [0.1, 0.15) is 5.52 Å². The zero-order chi connectivity index (χ0) is 18.0. The molecule has 8 heteroatoms.